The Hall–Kier alpha value is -0.870. The van der Waals surface area contributed by atoms with Gasteiger partial charge >= 0.3 is 0 Å². The van der Waals surface area contributed by atoms with E-state index in [0.29, 0.717) is 6.54 Å². The van der Waals surface area contributed by atoms with E-state index in [-0.39, 0.29) is 18.4 Å². The number of aliphatic hydroxyl groups is 1. The minimum absolute atomic E-state index is 0.0194. The summed E-state index contributed by atoms with van der Waals surface area (Å²) in [5, 5.41) is 10.5. The van der Waals surface area contributed by atoms with Crippen molar-refractivity contribution in [2.45, 2.75) is 25.4 Å². The molecule has 4 nitrogen and oxygen atoms in total. The molecule has 2 atom stereocenters. The van der Waals surface area contributed by atoms with E-state index in [1.54, 1.807) is 0 Å². The Morgan fingerprint density at radius 3 is 2.93 bits per heavy atom. The summed E-state index contributed by atoms with van der Waals surface area (Å²) in [6.07, 6.45) is 6.28. The fourth-order valence-electron chi connectivity index (χ4n) is 1.85. The summed E-state index contributed by atoms with van der Waals surface area (Å²) in [4.78, 5) is 16.9. The third-order valence-electron chi connectivity index (χ3n) is 2.66. The molecule has 1 heterocycles. The standard InChI is InChI=1S/C10H15NO3/c12-9-6-11(14-7-9)10(13)8-4-2-1-3-5-8/h1-2,8-9,12H,3-7H2/t8?,9-/m1/s1. The largest absolute Gasteiger partial charge is 0.389 e. The molecule has 1 N–H and O–H groups in total. The first-order valence-electron chi connectivity index (χ1n) is 5.04. The van der Waals surface area contributed by atoms with Gasteiger partial charge in [-0.3, -0.25) is 9.63 Å². The van der Waals surface area contributed by atoms with Crippen LogP contribution < -0.4 is 0 Å². The first kappa shape index (κ1) is 9.68. The molecule has 0 spiro atoms. The zero-order valence-electron chi connectivity index (χ0n) is 8.06. The van der Waals surface area contributed by atoms with E-state index in [1.165, 1.54) is 5.06 Å². The van der Waals surface area contributed by atoms with Crippen molar-refractivity contribution in [3.05, 3.63) is 12.2 Å². The van der Waals surface area contributed by atoms with Crippen LogP contribution in [0.3, 0.4) is 0 Å². The van der Waals surface area contributed by atoms with Crippen molar-refractivity contribution in [2.24, 2.45) is 5.92 Å². The lowest BCUT2D eigenvalue weighted by molar-refractivity contribution is -0.173. The number of carbonyl (C=O) groups excluding carboxylic acids is 1. The molecule has 2 aliphatic rings. The molecule has 78 valence electrons. The van der Waals surface area contributed by atoms with Crippen LogP contribution in [0.4, 0.5) is 0 Å². The van der Waals surface area contributed by atoms with E-state index in [0.717, 1.165) is 19.3 Å². The lowest BCUT2D eigenvalue weighted by atomic mass is 9.93. The summed E-state index contributed by atoms with van der Waals surface area (Å²) in [5.74, 6) is 0.0659. The van der Waals surface area contributed by atoms with Gasteiger partial charge in [0.05, 0.1) is 12.6 Å². The average molecular weight is 197 g/mol. The minimum Gasteiger partial charge on any atom is -0.389 e. The van der Waals surface area contributed by atoms with Crippen molar-refractivity contribution in [1.29, 1.82) is 0 Å². The second kappa shape index (κ2) is 4.11. The predicted molar refractivity (Wildman–Crippen MR) is 50.2 cm³/mol. The molecule has 0 aromatic rings. The molecule has 1 amide bonds. The second-order valence-corrected chi connectivity index (χ2v) is 3.83. The van der Waals surface area contributed by atoms with Crippen molar-refractivity contribution in [3.8, 4) is 0 Å². The van der Waals surface area contributed by atoms with Crippen LogP contribution in [0.1, 0.15) is 19.3 Å². The third kappa shape index (κ3) is 1.96. The molecule has 0 aromatic heterocycles. The van der Waals surface area contributed by atoms with Crippen molar-refractivity contribution in [3.63, 3.8) is 0 Å². The summed E-state index contributed by atoms with van der Waals surface area (Å²) < 4.78 is 0. The highest BCUT2D eigenvalue weighted by atomic mass is 16.7. The number of allylic oxidation sites excluding steroid dienone is 2. The van der Waals surface area contributed by atoms with E-state index in [9.17, 15) is 9.90 Å². The Bertz CT molecular complexity index is 252. The zero-order valence-corrected chi connectivity index (χ0v) is 8.06. The maximum Gasteiger partial charge on any atom is 0.249 e. The molecule has 0 saturated carbocycles. The number of nitrogens with zero attached hydrogens (tertiary/aromatic N) is 1. The van der Waals surface area contributed by atoms with Crippen LogP contribution >= 0.6 is 0 Å². The molecule has 0 aromatic carbocycles. The van der Waals surface area contributed by atoms with Gasteiger partial charge in [-0.25, -0.2) is 5.06 Å². The van der Waals surface area contributed by atoms with Gasteiger partial charge in [0.25, 0.3) is 0 Å². The lowest BCUT2D eigenvalue weighted by Crippen LogP contribution is -2.34. The van der Waals surface area contributed by atoms with Gasteiger partial charge in [0.15, 0.2) is 0 Å². The van der Waals surface area contributed by atoms with Crippen LogP contribution in [-0.2, 0) is 9.63 Å². The molecule has 1 fully saturated rings. The third-order valence-corrected chi connectivity index (χ3v) is 2.66. The highest BCUT2D eigenvalue weighted by molar-refractivity contribution is 5.78. The number of hydrogen-bond acceptors (Lipinski definition) is 3. The molecule has 14 heavy (non-hydrogen) atoms. The number of hydroxylamine groups is 2. The molecule has 1 saturated heterocycles. The fraction of sp³-hybridized carbons (Fsp3) is 0.700. The van der Waals surface area contributed by atoms with E-state index in [2.05, 4.69) is 6.08 Å². The van der Waals surface area contributed by atoms with Gasteiger partial charge in [0.2, 0.25) is 5.91 Å². The molecule has 1 unspecified atom stereocenters. The number of rotatable bonds is 1. The molecule has 0 radical (unpaired) electrons. The quantitative estimate of drug-likeness (QED) is 0.622. The van der Waals surface area contributed by atoms with Gasteiger partial charge in [-0.05, 0) is 19.3 Å². The second-order valence-electron chi connectivity index (χ2n) is 3.83. The Morgan fingerprint density at radius 1 is 1.50 bits per heavy atom. The van der Waals surface area contributed by atoms with Gasteiger partial charge < -0.3 is 5.11 Å². The Labute approximate surface area is 83.1 Å². The number of carbonyl (C=O) groups is 1. The topological polar surface area (TPSA) is 49.8 Å². The summed E-state index contributed by atoms with van der Waals surface area (Å²) in [6.45, 7) is 0.563. The van der Waals surface area contributed by atoms with Gasteiger partial charge in [-0.1, -0.05) is 12.2 Å². The van der Waals surface area contributed by atoms with E-state index in [4.69, 9.17) is 4.84 Å². The van der Waals surface area contributed by atoms with E-state index in [1.807, 2.05) is 6.08 Å². The molecule has 2 rings (SSSR count). The van der Waals surface area contributed by atoms with Crippen molar-refractivity contribution >= 4 is 5.91 Å². The van der Waals surface area contributed by atoms with Crippen LogP contribution in [0, 0.1) is 5.92 Å². The van der Waals surface area contributed by atoms with Gasteiger partial charge in [-0.2, -0.15) is 0 Å². The summed E-state index contributed by atoms with van der Waals surface area (Å²) in [6, 6.07) is 0. The highest BCUT2D eigenvalue weighted by Crippen LogP contribution is 2.22. The molecule has 1 aliphatic carbocycles. The van der Waals surface area contributed by atoms with E-state index >= 15 is 0 Å². The highest BCUT2D eigenvalue weighted by Gasteiger charge is 2.31. The van der Waals surface area contributed by atoms with Crippen LogP contribution in [0.5, 0.6) is 0 Å². The summed E-state index contributed by atoms with van der Waals surface area (Å²) >= 11 is 0. The predicted octanol–water partition coefficient (Wildman–Crippen LogP) is 0.477. The van der Waals surface area contributed by atoms with Crippen LogP contribution in [0.25, 0.3) is 0 Å². The van der Waals surface area contributed by atoms with Crippen LogP contribution in [-0.4, -0.2) is 35.3 Å². The van der Waals surface area contributed by atoms with Crippen molar-refractivity contribution < 1.29 is 14.7 Å². The van der Waals surface area contributed by atoms with E-state index < -0.39 is 6.10 Å². The Balaban J connectivity index is 1.91. The smallest absolute Gasteiger partial charge is 0.249 e. The van der Waals surface area contributed by atoms with Gasteiger partial charge in [-0.15, -0.1) is 0 Å². The van der Waals surface area contributed by atoms with Crippen LogP contribution in [0.15, 0.2) is 12.2 Å². The Morgan fingerprint density at radius 2 is 2.36 bits per heavy atom. The summed E-state index contributed by atoms with van der Waals surface area (Å²) in [5.41, 5.74) is 0. The molecular weight excluding hydrogens is 182 g/mol. The van der Waals surface area contributed by atoms with Crippen LogP contribution in [0.2, 0.25) is 0 Å². The molecule has 0 bridgehead atoms. The Kier molecular flexibility index (Phi) is 2.84. The fourth-order valence-corrected chi connectivity index (χ4v) is 1.85. The maximum atomic E-state index is 11.8. The first-order chi connectivity index (χ1) is 6.77. The average Bonchev–Trinajstić information content (AvgIpc) is 2.65. The van der Waals surface area contributed by atoms with Crippen molar-refractivity contribution in [1.82, 2.24) is 5.06 Å². The SMILES string of the molecule is O=C(C1CC=CCC1)N1C[C@@H](O)CO1. The van der Waals surface area contributed by atoms with Gasteiger partial charge in [0.1, 0.15) is 6.61 Å². The minimum atomic E-state index is -0.516. The normalized spacial score (nSPS) is 32.2. The zero-order chi connectivity index (χ0) is 9.97. The first-order valence-corrected chi connectivity index (χ1v) is 5.04. The maximum absolute atomic E-state index is 11.8. The monoisotopic (exact) mass is 197 g/mol. The number of amides is 1. The number of hydrogen-bond donors (Lipinski definition) is 1. The lowest BCUT2D eigenvalue weighted by Gasteiger charge is -2.22. The van der Waals surface area contributed by atoms with Crippen molar-refractivity contribution in [2.75, 3.05) is 13.2 Å². The van der Waals surface area contributed by atoms with Gasteiger partial charge in [0, 0.05) is 5.92 Å². The number of β-amino-alcohol motifs (C(OH)–C–C–N with tert-alkyl or cyclic N) is 1. The molecule has 4 heteroatoms. The molecular formula is C10H15NO3. The number of aliphatic hydroxyl groups excluding tert-OH is 1. The summed E-state index contributed by atoms with van der Waals surface area (Å²) in [7, 11) is 0. The molecule has 1 aliphatic heterocycles.